The van der Waals surface area contributed by atoms with Crippen LogP contribution >= 0.6 is 11.3 Å². The van der Waals surface area contributed by atoms with Crippen molar-refractivity contribution in [2.45, 2.75) is 13.5 Å². The highest BCUT2D eigenvalue weighted by atomic mass is 32.1. The summed E-state index contributed by atoms with van der Waals surface area (Å²) in [5, 5.41) is 22.1. The molecule has 3 rings (SSSR count). The molecule has 0 N–H and O–H groups in total. The van der Waals surface area contributed by atoms with Gasteiger partial charge in [-0.25, -0.2) is 4.39 Å². The first-order chi connectivity index (χ1) is 14.3. The molecule has 0 saturated carbocycles. The summed E-state index contributed by atoms with van der Waals surface area (Å²) in [7, 11) is 0. The number of hydrogen-bond donors (Lipinski definition) is 0. The predicted molar refractivity (Wildman–Crippen MR) is 106 cm³/mol. The number of benzene rings is 2. The fourth-order valence-corrected chi connectivity index (χ4v) is 3.83. The molecule has 0 radical (unpaired) electrons. The first kappa shape index (κ1) is 21.2. The van der Waals surface area contributed by atoms with Gasteiger partial charge in [0.25, 0.3) is 17.3 Å². The number of carbonyl (C=O) groups is 1. The van der Waals surface area contributed by atoms with Gasteiger partial charge in [-0.2, -0.15) is 4.99 Å². The van der Waals surface area contributed by atoms with Crippen LogP contribution in [0.4, 0.5) is 15.8 Å². The maximum absolute atomic E-state index is 14.4. The van der Waals surface area contributed by atoms with Crippen molar-refractivity contribution in [2.75, 3.05) is 13.2 Å². The lowest BCUT2D eigenvalue weighted by Gasteiger charge is -2.06. The number of nitro benzene ring substituents is 2. The van der Waals surface area contributed by atoms with Crippen molar-refractivity contribution in [3.05, 3.63) is 72.8 Å². The molecule has 0 aliphatic carbocycles. The zero-order chi connectivity index (χ0) is 21.8. The highest BCUT2D eigenvalue weighted by Crippen LogP contribution is 2.24. The van der Waals surface area contributed by atoms with Gasteiger partial charge in [-0.15, -0.1) is 0 Å². The fraction of sp³-hybridized carbons (Fsp3) is 0.222. The Labute approximate surface area is 172 Å². The van der Waals surface area contributed by atoms with Gasteiger partial charge in [0.1, 0.15) is 5.82 Å². The van der Waals surface area contributed by atoms with Crippen molar-refractivity contribution in [2.24, 2.45) is 4.99 Å². The standard InChI is InChI=1S/C18H15FN4O6S/c1-2-29-7-6-21-16-14(19)4-3-5-15(16)30-18(21)20-17(24)11-8-12(22(25)26)10-13(9-11)23(27)28/h3-5,8-10H,2,6-7H2,1H3. The highest BCUT2D eigenvalue weighted by molar-refractivity contribution is 7.16. The Hall–Kier alpha value is -3.51. The summed E-state index contributed by atoms with van der Waals surface area (Å²) < 4.78 is 21.7. The minimum atomic E-state index is -0.918. The smallest absolute Gasteiger partial charge is 0.280 e. The molecule has 0 saturated heterocycles. The third kappa shape index (κ3) is 4.39. The molecule has 0 unspecified atom stereocenters. The first-order valence-corrected chi connectivity index (χ1v) is 9.52. The molecular formula is C18H15FN4O6S. The van der Waals surface area contributed by atoms with Crippen molar-refractivity contribution in [1.82, 2.24) is 4.57 Å². The summed E-state index contributed by atoms with van der Waals surface area (Å²) in [5.74, 6) is -1.42. The van der Waals surface area contributed by atoms with Gasteiger partial charge >= 0.3 is 0 Å². The number of nitrogens with zero attached hydrogens (tertiary/aromatic N) is 4. The molecule has 0 aliphatic rings. The molecule has 0 fully saturated rings. The average molecular weight is 434 g/mol. The van der Waals surface area contributed by atoms with Crippen molar-refractivity contribution in [3.8, 4) is 0 Å². The Morgan fingerprint density at radius 1 is 1.20 bits per heavy atom. The number of ether oxygens (including phenoxy) is 1. The SMILES string of the molecule is CCOCCn1c(=NC(=O)c2cc([N+](=O)[O-])cc([N+](=O)[O-])c2)sc2cccc(F)c21. The molecule has 2 aromatic carbocycles. The molecule has 156 valence electrons. The average Bonchev–Trinajstić information content (AvgIpc) is 3.06. The molecule has 0 atom stereocenters. The molecule has 1 heterocycles. The molecule has 12 heteroatoms. The number of rotatable bonds is 7. The molecule has 3 aromatic rings. The van der Waals surface area contributed by atoms with Crippen LogP contribution in [0.3, 0.4) is 0 Å². The summed E-state index contributed by atoms with van der Waals surface area (Å²) in [6.07, 6.45) is 0. The van der Waals surface area contributed by atoms with E-state index in [2.05, 4.69) is 4.99 Å². The summed E-state index contributed by atoms with van der Waals surface area (Å²) in [6.45, 7) is 2.73. The predicted octanol–water partition coefficient (Wildman–Crippen LogP) is 3.44. The van der Waals surface area contributed by atoms with Crippen LogP contribution in [0.25, 0.3) is 10.2 Å². The van der Waals surface area contributed by atoms with Crippen LogP contribution < -0.4 is 4.80 Å². The van der Waals surface area contributed by atoms with Gasteiger partial charge in [0, 0.05) is 25.3 Å². The number of carbonyl (C=O) groups excluding carboxylic acids is 1. The second-order valence-electron chi connectivity index (χ2n) is 5.99. The summed E-state index contributed by atoms with van der Waals surface area (Å²) in [6, 6.07) is 7.06. The molecule has 10 nitrogen and oxygen atoms in total. The summed E-state index contributed by atoms with van der Waals surface area (Å²) in [4.78, 5) is 37.2. The summed E-state index contributed by atoms with van der Waals surface area (Å²) >= 11 is 1.05. The number of halogens is 1. The van der Waals surface area contributed by atoms with E-state index in [4.69, 9.17) is 4.74 Å². The monoisotopic (exact) mass is 434 g/mol. The van der Waals surface area contributed by atoms with Crippen LogP contribution in [0.2, 0.25) is 0 Å². The minimum absolute atomic E-state index is 0.147. The lowest BCUT2D eigenvalue weighted by Crippen LogP contribution is -2.20. The Kier molecular flexibility index (Phi) is 6.28. The quantitative estimate of drug-likeness (QED) is 0.318. The molecule has 0 bridgehead atoms. The second-order valence-corrected chi connectivity index (χ2v) is 7.00. The van der Waals surface area contributed by atoms with E-state index in [0.29, 0.717) is 11.3 Å². The molecular weight excluding hydrogens is 419 g/mol. The number of non-ortho nitro benzene ring substituents is 2. The Balaban J connectivity index is 2.13. The van der Waals surface area contributed by atoms with Crippen molar-refractivity contribution < 1.29 is 23.8 Å². The zero-order valence-corrected chi connectivity index (χ0v) is 16.4. The van der Waals surface area contributed by atoms with Gasteiger partial charge < -0.3 is 9.30 Å². The number of aromatic nitrogens is 1. The van der Waals surface area contributed by atoms with Crippen molar-refractivity contribution >= 4 is 38.8 Å². The molecule has 1 amide bonds. The van der Waals surface area contributed by atoms with E-state index < -0.39 is 32.9 Å². The van der Waals surface area contributed by atoms with Gasteiger partial charge in [-0.1, -0.05) is 17.4 Å². The normalized spacial score (nSPS) is 11.7. The van der Waals surface area contributed by atoms with Crippen LogP contribution in [0.5, 0.6) is 0 Å². The lowest BCUT2D eigenvalue weighted by atomic mass is 10.1. The number of nitro groups is 2. The number of hydrogen-bond acceptors (Lipinski definition) is 7. The number of fused-ring (bicyclic) bond motifs is 1. The van der Waals surface area contributed by atoms with E-state index in [1.807, 2.05) is 0 Å². The van der Waals surface area contributed by atoms with Crippen molar-refractivity contribution in [1.29, 1.82) is 0 Å². The highest BCUT2D eigenvalue weighted by Gasteiger charge is 2.20. The number of amides is 1. The van der Waals surface area contributed by atoms with Gasteiger partial charge in [0.05, 0.1) is 38.3 Å². The molecule has 30 heavy (non-hydrogen) atoms. The van der Waals surface area contributed by atoms with Crippen LogP contribution in [-0.4, -0.2) is 33.5 Å². The van der Waals surface area contributed by atoms with E-state index in [1.54, 1.807) is 13.0 Å². The van der Waals surface area contributed by atoms with E-state index in [-0.39, 0.29) is 29.0 Å². The van der Waals surface area contributed by atoms with Crippen LogP contribution in [0.15, 0.2) is 41.4 Å². The number of thiazole rings is 1. The maximum Gasteiger partial charge on any atom is 0.280 e. The van der Waals surface area contributed by atoms with Gasteiger partial charge in [0.15, 0.2) is 4.80 Å². The molecule has 0 aliphatic heterocycles. The van der Waals surface area contributed by atoms with E-state index in [0.717, 1.165) is 29.5 Å². The van der Waals surface area contributed by atoms with Crippen LogP contribution in [-0.2, 0) is 11.3 Å². The third-order valence-corrected chi connectivity index (χ3v) is 5.13. The molecule has 0 spiro atoms. The molecule has 1 aromatic heterocycles. The van der Waals surface area contributed by atoms with Crippen molar-refractivity contribution in [3.63, 3.8) is 0 Å². The first-order valence-electron chi connectivity index (χ1n) is 8.70. The lowest BCUT2D eigenvalue weighted by molar-refractivity contribution is -0.394. The third-order valence-electron chi connectivity index (χ3n) is 4.08. The fourth-order valence-electron chi connectivity index (χ4n) is 2.76. The Morgan fingerprint density at radius 3 is 2.47 bits per heavy atom. The topological polar surface area (TPSA) is 130 Å². The van der Waals surface area contributed by atoms with E-state index >= 15 is 0 Å². The Morgan fingerprint density at radius 2 is 1.87 bits per heavy atom. The van der Waals surface area contributed by atoms with Gasteiger partial charge in [-0.05, 0) is 19.1 Å². The van der Waals surface area contributed by atoms with E-state index in [9.17, 15) is 29.4 Å². The van der Waals surface area contributed by atoms with Gasteiger partial charge in [0.2, 0.25) is 0 Å². The largest absolute Gasteiger partial charge is 0.380 e. The number of para-hydroxylation sites is 1. The second kappa shape index (κ2) is 8.88. The minimum Gasteiger partial charge on any atom is -0.380 e. The van der Waals surface area contributed by atoms with E-state index in [1.165, 1.54) is 16.7 Å². The van der Waals surface area contributed by atoms with Crippen LogP contribution in [0.1, 0.15) is 17.3 Å². The van der Waals surface area contributed by atoms with Crippen LogP contribution in [0, 0.1) is 26.0 Å². The Bertz CT molecular complexity index is 1190. The maximum atomic E-state index is 14.4. The zero-order valence-electron chi connectivity index (χ0n) is 15.6. The van der Waals surface area contributed by atoms with Gasteiger partial charge in [-0.3, -0.25) is 25.0 Å². The summed E-state index contributed by atoms with van der Waals surface area (Å²) in [5.41, 5.74) is -1.27.